The number of amides is 1. The van der Waals surface area contributed by atoms with Crippen LogP contribution in [0.15, 0.2) is 64.1 Å². The third kappa shape index (κ3) is 3.90. The van der Waals surface area contributed by atoms with Crippen molar-refractivity contribution in [1.82, 2.24) is 9.97 Å². The van der Waals surface area contributed by atoms with Crippen LogP contribution in [0.25, 0.3) is 11.0 Å². The summed E-state index contributed by atoms with van der Waals surface area (Å²) in [5.41, 5.74) is 1.94. The zero-order chi connectivity index (χ0) is 24.5. The molecule has 35 heavy (non-hydrogen) atoms. The van der Waals surface area contributed by atoms with E-state index in [4.69, 9.17) is 13.9 Å². The first kappa shape index (κ1) is 22.6. The highest BCUT2D eigenvalue weighted by molar-refractivity contribution is 6.09. The first-order valence-electron chi connectivity index (χ1n) is 11.6. The van der Waals surface area contributed by atoms with E-state index in [0.717, 1.165) is 12.0 Å². The number of benzene rings is 2. The highest BCUT2D eigenvalue weighted by Crippen LogP contribution is 2.42. The second-order valence-electron chi connectivity index (χ2n) is 8.29. The van der Waals surface area contributed by atoms with Gasteiger partial charge < -0.3 is 13.9 Å². The molecule has 0 saturated carbocycles. The van der Waals surface area contributed by atoms with Crippen molar-refractivity contribution in [1.29, 1.82) is 0 Å². The Morgan fingerprint density at radius 3 is 2.54 bits per heavy atom. The summed E-state index contributed by atoms with van der Waals surface area (Å²) in [6, 6.07) is 11.6. The molecule has 0 saturated heterocycles. The molecule has 8 nitrogen and oxygen atoms in total. The van der Waals surface area contributed by atoms with Crippen molar-refractivity contribution in [3.8, 4) is 11.5 Å². The number of anilines is 1. The lowest BCUT2D eigenvalue weighted by molar-refractivity contribution is 0.0969. The highest BCUT2D eigenvalue weighted by Gasteiger charge is 2.45. The number of fused-ring (bicyclic) bond motifs is 2. The Morgan fingerprint density at radius 1 is 1.00 bits per heavy atom. The Labute approximate surface area is 202 Å². The summed E-state index contributed by atoms with van der Waals surface area (Å²) in [4.78, 5) is 37.4. The van der Waals surface area contributed by atoms with Gasteiger partial charge in [0, 0.05) is 12.4 Å². The summed E-state index contributed by atoms with van der Waals surface area (Å²) < 4.78 is 17.7. The van der Waals surface area contributed by atoms with Gasteiger partial charge >= 0.3 is 0 Å². The van der Waals surface area contributed by atoms with Crippen molar-refractivity contribution in [2.45, 2.75) is 33.2 Å². The number of nitrogens with zero attached hydrogens (tertiary/aromatic N) is 3. The summed E-state index contributed by atoms with van der Waals surface area (Å²) >= 11 is 0. The van der Waals surface area contributed by atoms with E-state index >= 15 is 0 Å². The van der Waals surface area contributed by atoms with Gasteiger partial charge in [0.25, 0.3) is 5.91 Å². The highest BCUT2D eigenvalue weighted by atomic mass is 16.5. The SMILES string of the molecule is CCCOc1ccc(C2c3c(oc4ccc(C)cc4c3=O)C(=O)N2c2ncccn2)cc1OCC. The van der Waals surface area contributed by atoms with Crippen LogP contribution in [-0.2, 0) is 0 Å². The molecule has 3 heterocycles. The van der Waals surface area contributed by atoms with E-state index in [0.29, 0.717) is 41.2 Å². The van der Waals surface area contributed by atoms with Crippen molar-refractivity contribution in [2.75, 3.05) is 18.1 Å². The Hall–Kier alpha value is -4.20. The van der Waals surface area contributed by atoms with Crippen LogP contribution >= 0.6 is 0 Å². The summed E-state index contributed by atoms with van der Waals surface area (Å²) in [5.74, 6) is 0.839. The zero-order valence-corrected chi connectivity index (χ0v) is 19.8. The van der Waals surface area contributed by atoms with Crippen LogP contribution < -0.4 is 19.8 Å². The van der Waals surface area contributed by atoms with Crippen LogP contribution in [0.1, 0.15) is 53.6 Å². The van der Waals surface area contributed by atoms with E-state index in [1.807, 2.05) is 32.9 Å². The van der Waals surface area contributed by atoms with Gasteiger partial charge in [-0.3, -0.25) is 14.5 Å². The number of hydrogen-bond acceptors (Lipinski definition) is 7. The van der Waals surface area contributed by atoms with E-state index in [1.165, 1.54) is 4.90 Å². The van der Waals surface area contributed by atoms with Gasteiger partial charge in [0.15, 0.2) is 16.9 Å². The van der Waals surface area contributed by atoms with Gasteiger partial charge in [-0.1, -0.05) is 24.6 Å². The van der Waals surface area contributed by atoms with E-state index in [9.17, 15) is 9.59 Å². The van der Waals surface area contributed by atoms with Crippen molar-refractivity contribution in [2.24, 2.45) is 0 Å². The Kier molecular flexibility index (Phi) is 5.94. The predicted molar refractivity (Wildman–Crippen MR) is 131 cm³/mol. The second-order valence-corrected chi connectivity index (χ2v) is 8.29. The third-order valence-corrected chi connectivity index (χ3v) is 5.84. The van der Waals surface area contributed by atoms with E-state index < -0.39 is 11.9 Å². The van der Waals surface area contributed by atoms with Gasteiger partial charge in [0.1, 0.15) is 5.58 Å². The van der Waals surface area contributed by atoms with Crippen LogP contribution in [0.3, 0.4) is 0 Å². The average molecular weight is 472 g/mol. The fourth-order valence-electron chi connectivity index (χ4n) is 4.32. The van der Waals surface area contributed by atoms with Crippen LogP contribution in [0, 0.1) is 6.92 Å². The molecule has 0 radical (unpaired) electrons. The van der Waals surface area contributed by atoms with Crippen molar-refractivity contribution in [3.05, 3.63) is 87.5 Å². The monoisotopic (exact) mass is 471 g/mol. The lowest BCUT2D eigenvalue weighted by Gasteiger charge is -2.24. The lowest BCUT2D eigenvalue weighted by atomic mass is 9.98. The molecule has 4 aromatic rings. The van der Waals surface area contributed by atoms with Crippen LogP contribution in [-0.4, -0.2) is 29.1 Å². The standard InChI is InChI=1S/C27H25N3O5/c1-4-13-34-20-10-8-17(15-21(20)33-5-2)23-22-24(31)18-14-16(3)7-9-19(18)35-25(22)26(32)30(23)27-28-11-6-12-29-27/h6-12,14-15,23H,4-5,13H2,1-3H3. The molecule has 0 bridgehead atoms. The van der Waals surface area contributed by atoms with Gasteiger partial charge in [0.2, 0.25) is 11.7 Å². The summed E-state index contributed by atoms with van der Waals surface area (Å²) in [5, 5.41) is 0.422. The minimum absolute atomic E-state index is 0.00641. The van der Waals surface area contributed by atoms with E-state index in [-0.39, 0.29) is 22.7 Å². The Balaban J connectivity index is 1.75. The average Bonchev–Trinajstić information content (AvgIpc) is 3.17. The topological polar surface area (TPSA) is 94.8 Å². The minimum atomic E-state index is -0.791. The first-order valence-corrected chi connectivity index (χ1v) is 11.6. The molecule has 1 aliphatic rings. The second kappa shape index (κ2) is 9.21. The van der Waals surface area contributed by atoms with Gasteiger partial charge in [-0.2, -0.15) is 0 Å². The molecule has 178 valence electrons. The molecule has 2 aromatic carbocycles. The van der Waals surface area contributed by atoms with Gasteiger partial charge in [-0.15, -0.1) is 0 Å². The number of rotatable bonds is 7. The molecule has 8 heteroatoms. The van der Waals surface area contributed by atoms with Crippen molar-refractivity contribution in [3.63, 3.8) is 0 Å². The molecule has 5 rings (SSSR count). The maximum atomic E-state index is 13.8. The molecule has 1 amide bonds. The number of hydrogen-bond donors (Lipinski definition) is 0. The zero-order valence-electron chi connectivity index (χ0n) is 19.8. The fraction of sp³-hybridized carbons (Fsp3) is 0.259. The molecule has 2 aromatic heterocycles. The number of carbonyl (C=O) groups is 1. The molecule has 1 unspecified atom stereocenters. The van der Waals surface area contributed by atoms with Crippen molar-refractivity contribution < 1.29 is 18.7 Å². The summed E-state index contributed by atoms with van der Waals surface area (Å²) in [7, 11) is 0. The normalized spacial score (nSPS) is 14.9. The summed E-state index contributed by atoms with van der Waals surface area (Å²) in [6.07, 6.45) is 3.96. The number of aromatic nitrogens is 2. The third-order valence-electron chi connectivity index (χ3n) is 5.84. The Bertz CT molecular complexity index is 1470. The first-order chi connectivity index (χ1) is 17.0. The molecular formula is C27H25N3O5. The number of aryl methyl sites for hydroxylation is 1. The van der Waals surface area contributed by atoms with E-state index in [2.05, 4.69) is 9.97 Å². The largest absolute Gasteiger partial charge is 0.490 e. The summed E-state index contributed by atoms with van der Waals surface area (Å²) in [6.45, 7) is 6.80. The molecule has 0 fully saturated rings. The molecule has 0 aliphatic carbocycles. The predicted octanol–water partition coefficient (Wildman–Crippen LogP) is 4.83. The quantitative estimate of drug-likeness (QED) is 0.381. The number of carbonyl (C=O) groups excluding carboxylic acids is 1. The van der Waals surface area contributed by atoms with Gasteiger partial charge in [0.05, 0.1) is 30.2 Å². The maximum absolute atomic E-state index is 13.8. The van der Waals surface area contributed by atoms with Gasteiger partial charge in [-0.05, 0) is 56.2 Å². The fourth-order valence-corrected chi connectivity index (χ4v) is 4.32. The lowest BCUT2D eigenvalue weighted by Crippen LogP contribution is -2.31. The maximum Gasteiger partial charge on any atom is 0.297 e. The van der Waals surface area contributed by atoms with Crippen LogP contribution in [0.4, 0.5) is 5.95 Å². The Morgan fingerprint density at radius 2 is 1.80 bits per heavy atom. The molecule has 0 N–H and O–H groups in total. The van der Waals surface area contributed by atoms with Crippen molar-refractivity contribution >= 4 is 22.8 Å². The minimum Gasteiger partial charge on any atom is -0.490 e. The molecule has 1 atom stereocenters. The number of ether oxygens (including phenoxy) is 2. The smallest absolute Gasteiger partial charge is 0.297 e. The van der Waals surface area contributed by atoms with Crippen LogP contribution in [0.2, 0.25) is 0 Å². The van der Waals surface area contributed by atoms with Crippen LogP contribution in [0.5, 0.6) is 11.5 Å². The molecular weight excluding hydrogens is 446 g/mol. The van der Waals surface area contributed by atoms with E-state index in [1.54, 1.807) is 42.7 Å². The molecule has 1 aliphatic heterocycles. The molecule has 0 spiro atoms. The van der Waals surface area contributed by atoms with Gasteiger partial charge in [-0.25, -0.2) is 9.97 Å².